The van der Waals surface area contributed by atoms with Crippen LogP contribution in [0.25, 0.3) is 0 Å². The molecule has 216 valence electrons. The molecule has 0 saturated carbocycles. The van der Waals surface area contributed by atoms with Gasteiger partial charge in [-0.25, -0.2) is 9.97 Å². The van der Waals surface area contributed by atoms with Gasteiger partial charge in [0.25, 0.3) is 6.02 Å². The Morgan fingerprint density at radius 1 is 1.15 bits per heavy atom. The second-order valence-electron chi connectivity index (χ2n) is 10.7. The topological polar surface area (TPSA) is 107 Å². The maximum Gasteiger partial charge on any atom is 0.408 e. The highest BCUT2D eigenvalue weighted by atomic mass is 19.4. The van der Waals surface area contributed by atoms with Crippen LogP contribution in [0.1, 0.15) is 51.1 Å². The maximum absolute atomic E-state index is 13.7. The van der Waals surface area contributed by atoms with Gasteiger partial charge in [-0.1, -0.05) is 0 Å². The van der Waals surface area contributed by atoms with Crippen LogP contribution < -0.4 is 15.1 Å². The summed E-state index contributed by atoms with van der Waals surface area (Å²) in [6.45, 7) is 8.17. The van der Waals surface area contributed by atoms with Crippen molar-refractivity contribution in [2.24, 2.45) is 0 Å². The van der Waals surface area contributed by atoms with Crippen LogP contribution in [0.2, 0.25) is 0 Å². The quantitative estimate of drug-likeness (QED) is 0.410. The Morgan fingerprint density at radius 3 is 2.42 bits per heavy atom. The molecule has 13 heteroatoms. The van der Waals surface area contributed by atoms with E-state index in [1.807, 2.05) is 24.3 Å². The summed E-state index contributed by atoms with van der Waals surface area (Å²) >= 11 is 0. The number of nitrogens with zero attached hydrogens (tertiary/aromatic N) is 5. The van der Waals surface area contributed by atoms with E-state index < -0.39 is 29.8 Å². The van der Waals surface area contributed by atoms with Gasteiger partial charge in [-0.2, -0.15) is 13.2 Å². The molecule has 3 aliphatic rings. The fourth-order valence-corrected chi connectivity index (χ4v) is 5.56. The summed E-state index contributed by atoms with van der Waals surface area (Å²) in [6, 6.07) is 5.33. The number of amides is 1. The van der Waals surface area contributed by atoms with E-state index in [0.29, 0.717) is 42.5 Å². The van der Waals surface area contributed by atoms with Crippen molar-refractivity contribution in [1.29, 1.82) is 5.41 Å². The predicted octanol–water partition coefficient (Wildman–Crippen LogP) is 4.35. The summed E-state index contributed by atoms with van der Waals surface area (Å²) in [5.74, 6) is 0.758. The first-order valence-electron chi connectivity index (χ1n) is 13.4. The van der Waals surface area contributed by atoms with Crippen LogP contribution in [0.5, 0.6) is 0 Å². The number of hydrogen-bond acceptors (Lipinski definition) is 8. The van der Waals surface area contributed by atoms with Crippen molar-refractivity contribution in [3.8, 4) is 0 Å². The highest BCUT2D eigenvalue weighted by molar-refractivity contribution is 6.12. The fraction of sp³-hybridized carbons (Fsp3) is 0.556. The molecule has 2 aromatic rings. The molecular formula is C27H34F3N7O3. The van der Waals surface area contributed by atoms with Gasteiger partial charge in [0.05, 0.1) is 29.9 Å². The van der Waals surface area contributed by atoms with E-state index in [1.54, 1.807) is 32.7 Å². The fourth-order valence-electron chi connectivity index (χ4n) is 5.56. The Kier molecular flexibility index (Phi) is 7.28. The summed E-state index contributed by atoms with van der Waals surface area (Å²) in [7, 11) is 1.68. The molecule has 1 amide bonds. The molecule has 0 radical (unpaired) electrons. The predicted molar refractivity (Wildman–Crippen MR) is 144 cm³/mol. The van der Waals surface area contributed by atoms with E-state index in [-0.39, 0.29) is 24.7 Å². The number of fused-ring (bicyclic) bond motifs is 1. The molecule has 0 unspecified atom stereocenters. The van der Waals surface area contributed by atoms with Crippen LogP contribution in [-0.2, 0) is 19.7 Å². The molecule has 3 aliphatic heterocycles. The molecule has 1 aromatic carbocycles. The third-order valence-corrected chi connectivity index (χ3v) is 7.75. The number of carbonyl (C=O) groups is 1. The summed E-state index contributed by atoms with van der Waals surface area (Å²) in [4.78, 5) is 27.7. The first kappa shape index (κ1) is 27.9. The molecule has 40 heavy (non-hydrogen) atoms. The number of nitrogens with one attached hydrogen (secondary N) is 2. The van der Waals surface area contributed by atoms with Gasteiger partial charge in [0, 0.05) is 32.4 Å². The van der Waals surface area contributed by atoms with Crippen molar-refractivity contribution >= 4 is 34.9 Å². The van der Waals surface area contributed by atoms with E-state index >= 15 is 0 Å². The van der Waals surface area contributed by atoms with Crippen molar-refractivity contribution in [3.63, 3.8) is 0 Å². The lowest BCUT2D eigenvalue weighted by molar-refractivity contribution is -0.169. The average molecular weight is 562 g/mol. The number of ether oxygens (including phenoxy) is 2. The molecular weight excluding hydrogens is 527 g/mol. The van der Waals surface area contributed by atoms with E-state index in [4.69, 9.17) is 19.9 Å². The van der Waals surface area contributed by atoms with Gasteiger partial charge in [0.1, 0.15) is 17.7 Å². The summed E-state index contributed by atoms with van der Waals surface area (Å²) in [5, 5.41) is 11.3. The molecule has 1 aromatic heterocycles. The summed E-state index contributed by atoms with van der Waals surface area (Å²) < 4.78 is 51.4. The number of likely N-dealkylation sites (tertiary alicyclic amines) is 1. The van der Waals surface area contributed by atoms with Crippen molar-refractivity contribution in [1.82, 2.24) is 14.9 Å². The van der Waals surface area contributed by atoms with E-state index in [9.17, 15) is 18.0 Å². The normalized spacial score (nSPS) is 21.4. The molecule has 2 saturated heterocycles. The van der Waals surface area contributed by atoms with Crippen molar-refractivity contribution < 1.29 is 27.4 Å². The number of halogens is 3. The Bertz CT molecular complexity index is 1280. The van der Waals surface area contributed by atoms with Crippen LogP contribution in [0.4, 0.5) is 36.2 Å². The van der Waals surface area contributed by atoms with Crippen LogP contribution in [0, 0.1) is 5.41 Å². The number of aromatic nitrogens is 2. The van der Waals surface area contributed by atoms with Crippen LogP contribution in [0.3, 0.4) is 0 Å². The minimum absolute atomic E-state index is 0.0828. The van der Waals surface area contributed by atoms with Gasteiger partial charge in [0.2, 0.25) is 5.91 Å². The number of benzene rings is 1. The molecule has 0 spiro atoms. The molecule has 5 rings (SSSR count). The zero-order chi connectivity index (χ0) is 28.8. The largest absolute Gasteiger partial charge is 0.454 e. The smallest absolute Gasteiger partial charge is 0.408 e. The Labute approximate surface area is 231 Å². The standard InChI is InChI=1S/C27H34F3N7O3/c1-16(40-25(31)36-11-5-6-19(36)27(28,29)30)21-33-22(32-4)20-23(34-21)37(24(38)26(20,2)3)18-9-7-17(8-10-18)35-12-14-39-15-13-35/h7-10,16,19,31H,5-6,11-15H2,1-4H3,(H,32,33,34)/t16-,19+/m0/s1. The van der Waals surface area contributed by atoms with Crippen molar-refractivity contribution in [2.75, 3.05) is 55.0 Å². The first-order chi connectivity index (χ1) is 18.9. The molecule has 0 aliphatic carbocycles. The number of amidine groups is 1. The van der Waals surface area contributed by atoms with Gasteiger partial charge in [-0.05, 0) is 57.9 Å². The number of morpholine rings is 1. The summed E-state index contributed by atoms with van der Waals surface area (Å²) in [5.41, 5.74) is 1.32. The van der Waals surface area contributed by atoms with Crippen LogP contribution in [-0.4, -0.2) is 78.9 Å². The minimum atomic E-state index is -4.46. The molecule has 10 nitrogen and oxygen atoms in total. The summed E-state index contributed by atoms with van der Waals surface area (Å²) in [6.07, 6.45) is -5.16. The first-order valence-corrected chi connectivity index (χ1v) is 13.4. The number of rotatable bonds is 5. The lowest BCUT2D eigenvalue weighted by Crippen LogP contribution is -2.45. The number of hydrogen-bond donors (Lipinski definition) is 2. The highest BCUT2D eigenvalue weighted by Gasteiger charge is 2.49. The zero-order valence-electron chi connectivity index (χ0n) is 23.0. The van der Waals surface area contributed by atoms with E-state index in [2.05, 4.69) is 15.2 Å². The molecule has 0 bridgehead atoms. The third-order valence-electron chi connectivity index (χ3n) is 7.75. The second kappa shape index (κ2) is 10.4. The number of carbonyl (C=O) groups excluding carboxylic acids is 1. The monoisotopic (exact) mass is 561 g/mol. The van der Waals surface area contributed by atoms with E-state index in [0.717, 1.165) is 23.7 Å². The second-order valence-corrected chi connectivity index (χ2v) is 10.7. The lowest BCUT2D eigenvalue weighted by Gasteiger charge is -2.29. The molecule has 2 fully saturated rings. The number of alkyl halides is 3. The SMILES string of the molecule is CNc1nc([C@H](C)OC(=N)N2CCC[C@@H]2C(F)(F)F)nc2c1C(C)(C)C(=O)N2c1ccc(N2CCOCC2)cc1. The van der Waals surface area contributed by atoms with Gasteiger partial charge in [-0.3, -0.25) is 15.1 Å². The van der Waals surface area contributed by atoms with Gasteiger partial charge < -0.3 is 24.6 Å². The van der Waals surface area contributed by atoms with Gasteiger partial charge in [-0.15, -0.1) is 0 Å². The number of anilines is 4. The van der Waals surface area contributed by atoms with Crippen LogP contribution in [0.15, 0.2) is 24.3 Å². The van der Waals surface area contributed by atoms with Crippen molar-refractivity contribution in [2.45, 2.75) is 57.3 Å². The average Bonchev–Trinajstić information content (AvgIpc) is 3.51. The maximum atomic E-state index is 13.7. The third kappa shape index (κ3) is 4.91. The van der Waals surface area contributed by atoms with E-state index in [1.165, 1.54) is 0 Å². The lowest BCUT2D eigenvalue weighted by atomic mass is 9.87. The van der Waals surface area contributed by atoms with Gasteiger partial charge in [0.15, 0.2) is 11.9 Å². The highest BCUT2D eigenvalue weighted by Crippen LogP contribution is 2.47. The molecule has 2 atom stereocenters. The van der Waals surface area contributed by atoms with Gasteiger partial charge >= 0.3 is 6.18 Å². The van der Waals surface area contributed by atoms with Crippen LogP contribution >= 0.6 is 0 Å². The Balaban J connectivity index is 1.45. The Morgan fingerprint density at radius 2 is 1.80 bits per heavy atom. The molecule has 4 heterocycles. The molecule has 2 N–H and O–H groups in total. The minimum Gasteiger partial charge on any atom is -0.454 e. The zero-order valence-corrected chi connectivity index (χ0v) is 23.0. The van der Waals surface area contributed by atoms with Crippen molar-refractivity contribution in [3.05, 3.63) is 35.7 Å². The Hall–Kier alpha value is -3.61.